The Morgan fingerprint density at radius 2 is 1.84 bits per heavy atom. The van der Waals surface area contributed by atoms with E-state index in [4.69, 9.17) is 4.74 Å². The van der Waals surface area contributed by atoms with E-state index < -0.39 is 9.84 Å². The van der Waals surface area contributed by atoms with Crippen LogP contribution in [0.2, 0.25) is 0 Å². The maximum atomic E-state index is 13.2. The van der Waals surface area contributed by atoms with E-state index in [1.54, 1.807) is 0 Å². The highest BCUT2D eigenvalue weighted by molar-refractivity contribution is 7.99. The average molecular weight is 478 g/mol. The van der Waals surface area contributed by atoms with Crippen LogP contribution in [0.3, 0.4) is 0 Å². The molecule has 1 aromatic heterocycles. The zero-order valence-corrected chi connectivity index (χ0v) is 19.4. The number of para-hydroxylation sites is 1. The molecule has 0 spiro atoms. The van der Waals surface area contributed by atoms with Gasteiger partial charge in [0.1, 0.15) is 0 Å². The van der Waals surface area contributed by atoms with Gasteiger partial charge in [-0.25, -0.2) is 8.42 Å². The second-order valence-corrected chi connectivity index (χ2v) is 11.6. The summed E-state index contributed by atoms with van der Waals surface area (Å²) in [5.74, 6) is 1.19. The molecule has 0 N–H and O–H groups in total. The molecule has 2 aromatic rings. The number of nitrogens with zero attached hydrogens (tertiary/aromatic N) is 5. The van der Waals surface area contributed by atoms with Crippen LogP contribution in [-0.2, 0) is 19.4 Å². The number of benzene rings is 1. The Hall–Kier alpha value is -2.11. The van der Waals surface area contributed by atoms with E-state index in [1.807, 2.05) is 39.8 Å². The Balaban J connectivity index is 1.36. The third-order valence-corrected chi connectivity index (χ3v) is 8.74. The van der Waals surface area contributed by atoms with Gasteiger partial charge < -0.3 is 14.5 Å². The third kappa shape index (κ3) is 4.65. The normalized spacial score (nSPS) is 22.8. The Labute approximate surface area is 192 Å². The quantitative estimate of drug-likeness (QED) is 0.552. The number of thioether (sulfide) groups is 1. The molecule has 0 unspecified atom stereocenters. The molecule has 3 aliphatic rings. The maximum absolute atomic E-state index is 13.2. The van der Waals surface area contributed by atoms with Gasteiger partial charge in [0.05, 0.1) is 36.2 Å². The molecule has 11 heteroatoms. The van der Waals surface area contributed by atoms with Crippen molar-refractivity contribution in [2.45, 2.75) is 36.5 Å². The van der Waals surface area contributed by atoms with Crippen LogP contribution in [0.15, 0.2) is 35.5 Å². The first kappa shape index (κ1) is 21.7. The second-order valence-electron chi connectivity index (χ2n) is 8.43. The number of sulfone groups is 1. The number of amides is 1. The van der Waals surface area contributed by atoms with Gasteiger partial charge in [0.2, 0.25) is 11.9 Å². The molecule has 1 aromatic carbocycles. The summed E-state index contributed by atoms with van der Waals surface area (Å²) in [7, 11) is -3.04. The number of carbonyl (C=O) groups is 1. The molecular formula is C21H27N5O4S2. The third-order valence-electron chi connectivity index (χ3n) is 6.08. The topological polar surface area (TPSA) is 97.6 Å². The van der Waals surface area contributed by atoms with Gasteiger partial charge in [0.25, 0.3) is 0 Å². The van der Waals surface area contributed by atoms with Crippen molar-refractivity contribution in [3.63, 3.8) is 0 Å². The molecule has 172 valence electrons. The molecule has 3 fully saturated rings. The van der Waals surface area contributed by atoms with Crippen molar-refractivity contribution < 1.29 is 17.9 Å². The molecule has 5 rings (SSSR count). The summed E-state index contributed by atoms with van der Waals surface area (Å²) < 4.78 is 31.4. The molecule has 3 heterocycles. The number of morpholine rings is 1. The summed E-state index contributed by atoms with van der Waals surface area (Å²) >= 11 is 1.36. The van der Waals surface area contributed by atoms with Crippen molar-refractivity contribution in [1.29, 1.82) is 0 Å². The predicted octanol–water partition coefficient (Wildman–Crippen LogP) is 1.37. The van der Waals surface area contributed by atoms with Crippen molar-refractivity contribution in [2.75, 3.05) is 48.5 Å². The van der Waals surface area contributed by atoms with E-state index in [2.05, 4.69) is 15.1 Å². The smallest absolute Gasteiger partial charge is 0.233 e. The lowest BCUT2D eigenvalue weighted by atomic mass is 10.2. The lowest BCUT2D eigenvalue weighted by molar-refractivity contribution is -0.130. The summed E-state index contributed by atoms with van der Waals surface area (Å²) in [6.45, 7) is 2.76. The van der Waals surface area contributed by atoms with Crippen LogP contribution in [0, 0.1) is 0 Å². The number of aromatic nitrogens is 3. The van der Waals surface area contributed by atoms with Crippen LogP contribution in [0.4, 0.5) is 5.95 Å². The molecule has 1 saturated carbocycles. The Bertz CT molecular complexity index is 1070. The Morgan fingerprint density at radius 3 is 2.50 bits per heavy atom. The Kier molecular flexibility index (Phi) is 6.13. The van der Waals surface area contributed by atoms with E-state index in [-0.39, 0.29) is 35.2 Å². The van der Waals surface area contributed by atoms with Crippen LogP contribution in [0.5, 0.6) is 0 Å². The molecule has 1 aliphatic carbocycles. The zero-order chi connectivity index (χ0) is 22.1. The molecule has 1 amide bonds. The minimum absolute atomic E-state index is 0.0184. The summed E-state index contributed by atoms with van der Waals surface area (Å²) in [5.41, 5.74) is 0.940. The monoisotopic (exact) mass is 477 g/mol. The second kappa shape index (κ2) is 9.03. The number of hydrogen-bond acceptors (Lipinski definition) is 8. The lowest BCUT2D eigenvalue weighted by Gasteiger charge is -2.28. The molecule has 0 bridgehead atoms. The first-order valence-electron chi connectivity index (χ1n) is 11.0. The van der Waals surface area contributed by atoms with Gasteiger partial charge in [-0.2, -0.15) is 0 Å². The lowest BCUT2D eigenvalue weighted by Crippen LogP contribution is -2.43. The predicted molar refractivity (Wildman–Crippen MR) is 122 cm³/mol. The van der Waals surface area contributed by atoms with Gasteiger partial charge in [-0.05, 0) is 31.4 Å². The number of rotatable bonds is 7. The van der Waals surface area contributed by atoms with Crippen LogP contribution in [-0.4, -0.2) is 89.6 Å². The van der Waals surface area contributed by atoms with E-state index >= 15 is 0 Å². The first-order valence-corrected chi connectivity index (χ1v) is 13.8. The van der Waals surface area contributed by atoms with Crippen molar-refractivity contribution in [2.24, 2.45) is 0 Å². The Morgan fingerprint density at radius 1 is 1.09 bits per heavy atom. The summed E-state index contributed by atoms with van der Waals surface area (Å²) in [6.07, 6.45) is 2.44. The van der Waals surface area contributed by atoms with Crippen molar-refractivity contribution >= 4 is 33.5 Å². The highest BCUT2D eigenvalue weighted by Crippen LogP contribution is 2.34. The number of hydrogen-bond donors (Lipinski definition) is 0. The van der Waals surface area contributed by atoms with Crippen LogP contribution < -0.4 is 4.90 Å². The fraction of sp³-hybridized carbons (Fsp3) is 0.571. The van der Waals surface area contributed by atoms with Crippen LogP contribution in [0.1, 0.15) is 19.3 Å². The fourth-order valence-corrected chi connectivity index (χ4v) is 6.91. The SMILES string of the molecule is O=C(CSc1nnc(N2CCOCC2)n1-c1ccccc1)N(C1CC1)[C@@H]1CCS(=O)(=O)C1. The van der Waals surface area contributed by atoms with Gasteiger partial charge in [0, 0.05) is 25.2 Å². The molecule has 2 aliphatic heterocycles. The fourth-order valence-electron chi connectivity index (χ4n) is 4.38. The summed E-state index contributed by atoms with van der Waals surface area (Å²) in [5, 5.41) is 9.50. The summed E-state index contributed by atoms with van der Waals surface area (Å²) in [6, 6.07) is 9.87. The molecule has 2 saturated heterocycles. The summed E-state index contributed by atoms with van der Waals surface area (Å²) in [4.78, 5) is 17.2. The van der Waals surface area contributed by atoms with Gasteiger partial charge in [0.15, 0.2) is 15.0 Å². The zero-order valence-electron chi connectivity index (χ0n) is 17.8. The van der Waals surface area contributed by atoms with E-state index in [9.17, 15) is 13.2 Å². The number of carbonyl (C=O) groups excluding carboxylic acids is 1. The van der Waals surface area contributed by atoms with Crippen LogP contribution >= 0.6 is 11.8 Å². The number of ether oxygens (including phenoxy) is 1. The van der Waals surface area contributed by atoms with Crippen molar-refractivity contribution in [1.82, 2.24) is 19.7 Å². The van der Waals surface area contributed by atoms with E-state index in [0.717, 1.165) is 37.6 Å². The number of anilines is 1. The molecule has 32 heavy (non-hydrogen) atoms. The standard InChI is InChI=1S/C21H27N5O4S2/c27-19(25(17-6-7-17)18-8-13-32(28,29)15-18)14-31-21-23-22-20(24-9-11-30-12-10-24)26(21)16-4-2-1-3-5-16/h1-5,17-18H,6-15H2/t18-/m1/s1. The minimum atomic E-state index is -3.04. The van der Waals surface area contributed by atoms with Crippen LogP contribution in [0.25, 0.3) is 5.69 Å². The van der Waals surface area contributed by atoms with Crippen molar-refractivity contribution in [3.8, 4) is 5.69 Å². The van der Waals surface area contributed by atoms with Gasteiger partial charge >= 0.3 is 0 Å². The van der Waals surface area contributed by atoms with Crippen molar-refractivity contribution in [3.05, 3.63) is 30.3 Å². The van der Waals surface area contributed by atoms with E-state index in [0.29, 0.717) is 24.8 Å². The molecular weight excluding hydrogens is 450 g/mol. The van der Waals surface area contributed by atoms with Gasteiger partial charge in [-0.1, -0.05) is 30.0 Å². The average Bonchev–Trinajstić information content (AvgIpc) is 3.43. The minimum Gasteiger partial charge on any atom is -0.378 e. The highest BCUT2D eigenvalue weighted by atomic mass is 32.2. The first-order chi connectivity index (χ1) is 15.5. The van der Waals surface area contributed by atoms with E-state index in [1.165, 1.54) is 11.8 Å². The molecule has 1 atom stereocenters. The van der Waals surface area contributed by atoms with Gasteiger partial charge in [-0.3, -0.25) is 9.36 Å². The largest absolute Gasteiger partial charge is 0.378 e. The molecule has 9 nitrogen and oxygen atoms in total. The molecule has 0 radical (unpaired) electrons. The highest BCUT2D eigenvalue weighted by Gasteiger charge is 2.42. The van der Waals surface area contributed by atoms with Gasteiger partial charge in [-0.15, -0.1) is 10.2 Å². The maximum Gasteiger partial charge on any atom is 0.233 e.